The van der Waals surface area contributed by atoms with Crippen molar-refractivity contribution in [2.24, 2.45) is 0 Å². The van der Waals surface area contributed by atoms with Gasteiger partial charge in [0.1, 0.15) is 0 Å². The van der Waals surface area contributed by atoms with Crippen molar-refractivity contribution in [1.29, 1.82) is 0 Å². The van der Waals surface area contributed by atoms with Crippen molar-refractivity contribution in [3.63, 3.8) is 0 Å². The molecule has 1 nitrogen and oxygen atoms in total. The van der Waals surface area contributed by atoms with E-state index in [0.29, 0.717) is 0 Å². The van der Waals surface area contributed by atoms with Crippen LogP contribution in [0.3, 0.4) is 0 Å². The predicted octanol–water partition coefficient (Wildman–Crippen LogP) is 14.8. The lowest BCUT2D eigenvalue weighted by Crippen LogP contribution is -2.25. The third-order valence-corrected chi connectivity index (χ3v) is 14.0. The molecule has 3 aliphatic rings. The van der Waals surface area contributed by atoms with Crippen LogP contribution in [0.15, 0.2) is 200 Å². The summed E-state index contributed by atoms with van der Waals surface area (Å²) in [5.41, 5.74) is 24.4. The topological polar surface area (TPSA) is 4.93 Å². The Kier molecular flexibility index (Phi) is 6.50. The molecule has 1 spiro atoms. The van der Waals surface area contributed by atoms with E-state index in [1.165, 1.54) is 117 Å². The molecule has 0 N–H and O–H groups in total. The number of benzene rings is 9. The molecule has 3 aliphatic carbocycles. The molecule has 0 saturated heterocycles. The van der Waals surface area contributed by atoms with Crippen molar-refractivity contribution in [2.45, 2.75) is 24.7 Å². The molecular weight excluding hydrogens is 711 g/mol. The molecular formula is C58H39N. The zero-order valence-corrected chi connectivity index (χ0v) is 33.0. The molecule has 10 aromatic rings. The van der Waals surface area contributed by atoms with Gasteiger partial charge in [0, 0.05) is 21.9 Å². The first kappa shape index (κ1) is 32.8. The number of hydrogen-bond donors (Lipinski definition) is 0. The van der Waals surface area contributed by atoms with Crippen molar-refractivity contribution < 1.29 is 0 Å². The summed E-state index contributed by atoms with van der Waals surface area (Å²) in [6.45, 7) is 4.74. The van der Waals surface area contributed by atoms with Crippen LogP contribution in [0, 0.1) is 0 Å². The molecule has 0 amide bonds. The van der Waals surface area contributed by atoms with Crippen LogP contribution < -0.4 is 0 Å². The fraction of sp³-hybridized carbons (Fsp3) is 0.0690. The monoisotopic (exact) mass is 749 g/mol. The first-order valence-electron chi connectivity index (χ1n) is 20.8. The Morgan fingerprint density at radius 3 is 1.71 bits per heavy atom. The van der Waals surface area contributed by atoms with Crippen LogP contribution in [0.1, 0.15) is 47.2 Å². The molecule has 0 fully saturated rings. The van der Waals surface area contributed by atoms with Crippen molar-refractivity contribution >= 4 is 21.8 Å². The number of nitrogens with zero attached hydrogens (tertiary/aromatic N) is 1. The maximum Gasteiger partial charge on any atom is 0.0725 e. The normalized spacial score (nSPS) is 16.2. The second kappa shape index (κ2) is 11.7. The van der Waals surface area contributed by atoms with Crippen LogP contribution in [0.25, 0.3) is 83.1 Å². The van der Waals surface area contributed by atoms with Gasteiger partial charge in [-0.05, 0) is 125 Å². The van der Waals surface area contributed by atoms with E-state index in [1.807, 2.05) is 0 Å². The molecule has 1 aromatic heterocycles. The van der Waals surface area contributed by atoms with Gasteiger partial charge in [-0.25, -0.2) is 0 Å². The summed E-state index contributed by atoms with van der Waals surface area (Å²) in [7, 11) is 0. The number of rotatable bonds is 3. The van der Waals surface area contributed by atoms with Gasteiger partial charge in [-0.2, -0.15) is 0 Å². The van der Waals surface area contributed by atoms with Crippen LogP contribution >= 0.6 is 0 Å². The van der Waals surface area contributed by atoms with Crippen molar-refractivity contribution in [2.75, 3.05) is 0 Å². The first-order chi connectivity index (χ1) is 29.0. The van der Waals surface area contributed by atoms with E-state index >= 15 is 0 Å². The summed E-state index contributed by atoms with van der Waals surface area (Å²) < 4.78 is 2.48. The second-order valence-corrected chi connectivity index (χ2v) is 17.2. The summed E-state index contributed by atoms with van der Waals surface area (Å²) in [5.74, 6) is 0. The quantitative estimate of drug-likeness (QED) is 0.170. The SMILES string of the molecule is CC1(C)c2ccccc2-c2cc3c4ccccc4n(-c4ccc(-c5cccc6c5-c5ccccc5C65c6ccccc6-c6ccc(-c7ccccc7)cc65)cc4)c3cc21. The standard InChI is InChI=1S/C58H39N/c1-57(2)48-22-10-6-18-42(48)46-34-47-44-19-9-13-26-54(44)59(55(47)35-52(46)57)39-30-27-37(28-31-39)40-21-14-25-51-56(40)45-20-8-12-24-50(45)58(51)49-23-11-7-17-41(49)43-32-29-38(33-53(43)58)36-15-4-3-5-16-36/h3-35H,1-2H3. The zero-order chi connectivity index (χ0) is 39.0. The van der Waals surface area contributed by atoms with Gasteiger partial charge in [0.2, 0.25) is 0 Å². The highest BCUT2D eigenvalue weighted by Crippen LogP contribution is 2.64. The average Bonchev–Trinajstić information content (AvgIpc) is 3.96. The maximum atomic E-state index is 2.48. The molecule has 59 heavy (non-hydrogen) atoms. The molecule has 1 heterocycles. The molecule has 0 saturated carbocycles. The Hall–Kier alpha value is -7.22. The van der Waals surface area contributed by atoms with E-state index in [9.17, 15) is 0 Å². The van der Waals surface area contributed by atoms with Gasteiger partial charge in [-0.15, -0.1) is 0 Å². The van der Waals surface area contributed by atoms with Gasteiger partial charge in [0.15, 0.2) is 0 Å². The van der Waals surface area contributed by atoms with Crippen LogP contribution in [-0.4, -0.2) is 4.57 Å². The molecule has 1 heteroatoms. The largest absolute Gasteiger partial charge is 0.309 e. The second-order valence-electron chi connectivity index (χ2n) is 17.2. The van der Waals surface area contributed by atoms with Crippen molar-refractivity contribution in [1.82, 2.24) is 4.57 Å². The lowest BCUT2D eigenvalue weighted by molar-refractivity contribution is 0.661. The molecule has 0 aliphatic heterocycles. The molecule has 9 aromatic carbocycles. The summed E-state index contributed by atoms with van der Waals surface area (Å²) in [4.78, 5) is 0. The zero-order valence-electron chi connectivity index (χ0n) is 33.0. The Balaban J connectivity index is 1.00. The highest BCUT2D eigenvalue weighted by atomic mass is 15.0. The van der Waals surface area contributed by atoms with E-state index in [1.54, 1.807) is 0 Å². The minimum absolute atomic E-state index is 0.0734. The molecule has 13 rings (SSSR count). The van der Waals surface area contributed by atoms with E-state index in [2.05, 4.69) is 219 Å². The Bertz CT molecular complexity index is 3400. The molecule has 1 unspecified atom stereocenters. The van der Waals surface area contributed by atoms with Gasteiger partial charge in [-0.1, -0.05) is 178 Å². The number of hydrogen-bond acceptors (Lipinski definition) is 0. The van der Waals surface area contributed by atoms with Crippen LogP contribution in [0.4, 0.5) is 0 Å². The highest BCUT2D eigenvalue weighted by molar-refractivity contribution is 6.12. The van der Waals surface area contributed by atoms with Gasteiger partial charge >= 0.3 is 0 Å². The van der Waals surface area contributed by atoms with Gasteiger partial charge in [0.25, 0.3) is 0 Å². The van der Waals surface area contributed by atoms with E-state index in [0.717, 1.165) is 0 Å². The third-order valence-electron chi connectivity index (χ3n) is 14.0. The van der Waals surface area contributed by atoms with E-state index in [-0.39, 0.29) is 5.41 Å². The summed E-state index contributed by atoms with van der Waals surface area (Å²) in [6.07, 6.45) is 0. The Labute approximate surface area is 344 Å². The van der Waals surface area contributed by atoms with E-state index < -0.39 is 5.41 Å². The first-order valence-corrected chi connectivity index (χ1v) is 20.8. The fourth-order valence-electron chi connectivity index (χ4n) is 11.5. The molecule has 1 atom stereocenters. The van der Waals surface area contributed by atoms with Crippen LogP contribution in [0.2, 0.25) is 0 Å². The molecule has 276 valence electrons. The lowest BCUT2D eigenvalue weighted by atomic mass is 9.70. The number of fused-ring (bicyclic) bond motifs is 16. The maximum absolute atomic E-state index is 2.48. The Morgan fingerprint density at radius 2 is 0.915 bits per heavy atom. The predicted molar refractivity (Wildman–Crippen MR) is 246 cm³/mol. The van der Waals surface area contributed by atoms with Crippen molar-refractivity contribution in [3.05, 3.63) is 234 Å². The van der Waals surface area contributed by atoms with Crippen molar-refractivity contribution in [3.8, 4) is 61.3 Å². The lowest BCUT2D eigenvalue weighted by Gasteiger charge is -2.31. The van der Waals surface area contributed by atoms with Crippen LogP contribution in [0.5, 0.6) is 0 Å². The molecule has 0 radical (unpaired) electrons. The summed E-state index contributed by atoms with van der Waals surface area (Å²) in [5, 5.41) is 2.58. The van der Waals surface area contributed by atoms with Crippen LogP contribution in [-0.2, 0) is 10.8 Å². The summed E-state index contributed by atoms with van der Waals surface area (Å²) >= 11 is 0. The summed E-state index contributed by atoms with van der Waals surface area (Å²) in [6, 6.07) is 75.3. The number of aromatic nitrogens is 1. The van der Waals surface area contributed by atoms with Gasteiger partial charge in [-0.3, -0.25) is 0 Å². The highest BCUT2D eigenvalue weighted by Gasteiger charge is 2.52. The van der Waals surface area contributed by atoms with Gasteiger partial charge < -0.3 is 4.57 Å². The van der Waals surface area contributed by atoms with E-state index in [4.69, 9.17) is 0 Å². The minimum atomic E-state index is -0.421. The van der Waals surface area contributed by atoms with Gasteiger partial charge in [0.05, 0.1) is 16.4 Å². The Morgan fingerprint density at radius 1 is 0.322 bits per heavy atom. The minimum Gasteiger partial charge on any atom is -0.309 e. The number of para-hydroxylation sites is 1. The smallest absolute Gasteiger partial charge is 0.0725 e. The fourth-order valence-corrected chi connectivity index (χ4v) is 11.5. The average molecular weight is 750 g/mol. The molecule has 0 bridgehead atoms. The third kappa shape index (κ3) is 4.19.